The lowest BCUT2D eigenvalue weighted by Crippen LogP contribution is -2.54. The van der Waals surface area contributed by atoms with Crippen LogP contribution in [0.15, 0.2) is 42.7 Å². The summed E-state index contributed by atoms with van der Waals surface area (Å²) in [5.74, 6) is -2.96. The van der Waals surface area contributed by atoms with Crippen molar-refractivity contribution in [2.24, 2.45) is 0 Å². The zero-order chi connectivity index (χ0) is 24.0. The van der Waals surface area contributed by atoms with Crippen molar-refractivity contribution in [1.82, 2.24) is 30.2 Å². The first-order valence-corrected chi connectivity index (χ1v) is 10.2. The van der Waals surface area contributed by atoms with E-state index >= 15 is 0 Å². The molecule has 12 nitrogen and oxygen atoms in total. The van der Waals surface area contributed by atoms with Gasteiger partial charge in [0.1, 0.15) is 11.7 Å². The van der Waals surface area contributed by atoms with Crippen molar-refractivity contribution in [3.05, 3.63) is 59.5 Å². The van der Waals surface area contributed by atoms with Crippen molar-refractivity contribution >= 4 is 29.6 Å². The van der Waals surface area contributed by atoms with E-state index in [4.69, 9.17) is 4.74 Å². The summed E-state index contributed by atoms with van der Waals surface area (Å²) in [5.41, 5.74) is 1.56. The molecule has 1 unspecified atom stereocenters. The van der Waals surface area contributed by atoms with Crippen LogP contribution in [-0.4, -0.2) is 67.6 Å². The fourth-order valence-electron chi connectivity index (χ4n) is 3.98. The Balaban J connectivity index is 1.47. The molecule has 1 atom stereocenters. The number of aromatic nitrogens is 4. The summed E-state index contributed by atoms with van der Waals surface area (Å²) in [6.07, 6.45) is 3.11. The smallest absolute Gasteiger partial charge is 0.358 e. The highest BCUT2D eigenvalue weighted by Gasteiger charge is 2.44. The predicted molar refractivity (Wildman–Crippen MR) is 113 cm³/mol. The number of hydrogen-bond acceptors (Lipinski definition) is 9. The maximum Gasteiger partial charge on any atom is 0.358 e. The highest BCUT2D eigenvalue weighted by Crippen LogP contribution is 2.31. The molecule has 0 radical (unpaired) electrons. The summed E-state index contributed by atoms with van der Waals surface area (Å²) in [6, 6.07) is 6.81. The number of nitrogens with one attached hydrogen (secondary N) is 1. The normalized spacial score (nSPS) is 17.6. The molecule has 1 N–H and O–H groups in total. The minimum Gasteiger partial charge on any atom is -0.464 e. The van der Waals surface area contributed by atoms with Gasteiger partial charge in [0.2, 0.25) is 11.8 Å². The van der Waals surface area contributed by atoms with Crippen LogP contribution in [0, 0.1) is 0 Å². The molecule has 1 fully saturated rings. The fraction of sp³-hybridized carbons (Fsp3) is 0.182. The Kier molecular flexibility index (Phi) is 4.97. The van der Waals surface area contributed by atoms with Gasteiger partial charge in [0, 0.05) is 18.2 Å². The third kappa shape index (κ3) is 3.32. The molecule has 2 aliphatic rings. The van der Waals surface area contributed by atoms with E-state index in [1.807, 2.05) is 0 Å². The molecular formula is C22H16N6O6. The number of esters is 1. The first-order valence-electron chi connectivity index (χ1n) is 10.2. The summed E-state index contributed by atoms with van der Waals surface area (Å²) in [5, 5.41) is 10.3. The van der Waals surface area contributed by atoms with Gasteiger partial charge in [-0.1, -0.05) is 11.3 Å². The second kappa shape index (κ2) is 7.99. The van der Waals surface area contributed by atoms with Crippen LogP contribution in [0.5, 0.6) is 0 Å². The lowest BCUT2D eigenvalue weighted by molar-refractivity contribution is -0.136. The maximum absolute atomic E-state index is 13.0. The Hall–Kier alpha value is -4.74. The molecule has 0 bridgehead atoms. The number of methoxy groups -OCH3 is 1. The third-order valence-corrected chi connectivity index (χ3v) is 5.64. The molecule has 2 aliphatic heterocycles. The fourth-order valence-corrected chi connectivity index (χ4v) is 3.98. The molecule has 0 saturated carbocycles. The number of carbonyl (C=O) groups excluding carboxylic acids is 5. The van der Waals surface area contributed by atoms with Crippen LogP contribution in [0.1, 0.15) is 44.0 Å². The van der Waals surface area contributed by atoms with Gasteiger partial charge in [0.25, 0.3) is 11.8 Å². The van der Waals surface area contributed by atoms with Crippen molar-refractivity contribution in [1.29, 1.82) is 0 Å². The van der Waals surface area contributed by atoms with Gasteiger partial charge in [-0.15, -0.1) is 5.10 Å². The lowest BCUT2D eigenvalue weighted by atomic mass is 10.0. The minimum atomic E-state index is -1.04. The van der Waals surface area contributed by atoms with Crippen molar-refractivity contribution < 1.29 is 28.7 Å². The quantitative estimate of drug-likeness (QED) is 0.433. The standard InChI is InChI=1S/C22H16N6O6/c1-34-22(33)18-15(3-2-8-23-18)27-10-14(25-26-27)11-4-5-12-13(9-11)21(32)28(20(12)31)16-6-7-17(29)24-19(16)30/h2-5,8-10,16H,6-7H2,1H3,(H,24,29,30). The topological polar surface area (TPSA) is 153 Å². The van der Waals surface area contributed by atoms with Crippen LogP contribution >= 0.6 is 0 Å². The van der Waals surface area contributed by atoms with Crippen LogP contribution in [0.2, 0.25) is 0 Å². The van der Waals surface area contributed by atoms with Crippen molar-refractivity contribution in [2.75, 3.05) is 7.11 Å². The molecule has 0 aliphatic carbocycles. The number of amides is 4. The van der Waals surface area contributed by atoms with Crippen LogP contribution in [-0.2, 0) is 14.3 Å². The number of imide groups is 2. The van der Waals surface area contributed by atoms with Crippen LogP contribution < -0.4 is 5.32 Å². The molecule has 1 saturated heterocycles. The first-order chi connectivity index (χ1) is 16.4. The van der Waals surface area contributed by atoms with Gasteiger partial charge in [0.05, 0.1) is 30.1 Å². The van der Waals surface area contributed by atoms with Crippen molar-refractivity contribution in [3.8, 4) is 16.9 Å². The monoisotopic (exact) mass is 460 g/mol. The second-order valence-electron chi connectivity index (χ2n) is 7.62. The molecule has 1 aromatic carbocycles. The van der Waals surface area contributed by atoms with E-state index < -0.39 is 35.6 Å². The Morgan fingerprint density at radius 1 is 1.12 bits per heavy atom. The largest absolute Gasteiger partial charge is 0.464 e. The Labute approximate surface area is 191 Å². The average molecular weight is 460 g/mol. The number of nitrogens with zero attached hydrogens (tertiary/aromatic N) is 5. The predicted octanol–water partition coefficient (Wildman–Crippen LogP) is 0.517. The van der Waals surface area contributed by atoms with Crippen molar-refractivity contribution in [2.45, 2.75) is 18.9 Å². The average Bonchev–Trinajstić information content (AvgIpc) is 3.43. The number of pyridine rings is 1. The molecule has 5 rings (SSSR count). The summed E-state index contributed by atoms with van der Waals surface area (Å²) >= 11 is 0. The zero-order valence-electron chi connectivity index (χ0n) is 17.7. The molecule has 170 valence electrons. The molecule has 12 heteroatoms. The number of hydrogen-bond donors (Lipinski definition) is 1. The summed E-state index contributed by atoms with van der Waals surface area (Å²) in [7, 11) is 1.24. The summed E-state index contributed by atoms with van der Waals surface area (Å²) in [4.78, 5) is 66.5. The number of piperidine rings is 1. The highest BCUT2D eigenvalue weighted by atomic mass is 16.5. The van der Waals surface area contributed by atoms with E-state index in [0.29, 0.717) is 16.9 Å². The van der Waals surface area contributed by atoms with Gasteiger partial charge in [-0.25, -0.2) is 14.5 Å². The first kappa shape index (κ1) is 21.1. The van der Waals surface area contributed by atoms with Gasteiger partial charge in [-0.3, -0.25) is 29.4 Å². The van der Waals surface area contributed by atoms with E-state index in [9.17, 15) is 24.0 Å². The second-order valence-corrected chi connectivity index (χ2v) is 7.62. The molecular weight excluding hydrogens is 444 g/mol. The highest BCUT2D eigenvalue weighted by molar-refractivity contribution is 6.23. The molecule has 3 aromatic rings. The Morgan fingerprint density at radius 2 is 1.91 bits per heavy atom. The minimum absolute atomic E-state index is 0.0417. The number of rotatable bonds is 4. The van der Waals surface area contributed by atoms with E-state index in [-0.39, 0.29) is 29.7 Å². The number of fused-ring (bicyclic) bond motifs is 1. The number of ether oxygens (including phenoxy) is 1. The SMILES string of the molecule is COC(=O)c1ncccc1-n1cc(-c2ccc3c(c2)C(=O)N(C2CCC(=O)NC2=O)C3=O)nn1. The molecule has 4 heterocycles. The maximum atomic E-state index is 13.0. The van der Waals surface area contributed by atoms with Gasteiger partial charge >= 0.3 is 5.97 Å². The summed E-state index contributed by atoms with van der Waals surface area (Å²) in [6.45, 7) is 0. The van der Waals surface area contributed by atoms with Gasteiger partial charge in [-0.05, 0) is 30.7 Å². The van der Waals surface area contributed by atoms with Crippen molar-refractivity contribution in [3.63, 3.8) is 0 Å². The Morgan fingerprint density at radius 3 is 2.68 bits per heavy atom. The van der Waals surface area contributed by atoms with E-state index in [1.165, 1.54) is 30.1 Å². The number of benzene rings is 1. The van der Waals surface area contributed by atoms with E-state index in [0.717, 1.165) is 4.90 Å². The van der Waals surface area contributed by atoms with E-state index in [2.05, 4.69) is 20.6 Å². The number of carbonyl (C=O) groups is 5. The van der Waals surface area contributed by atoms with Crippen LogP contribution in [0.25, 0.3) is 16.9 Å². The zero-order valence-corrected chi connectivity index (χ0v) is 17.7. The lowest BCUT2D eigenvalue weighted by Gasteiger charge is -2.27. The third-order valence-electron chi connectivity index (χ3n) is 5.64. The van der Waals surface area contributed by atoms with E-state index in [1.54, 1.807) is 24.4 Å². The van der Waals surface area contributed by atoms with Crippen LogP contribution in [0.3, 0.4) is 0 Å². The summed E-state index contributed by atoms with van der Waals surface area (Å²) < 4.78 is 6.10. The molecule has 4 amide bonds. The Bertz CT molecular complexity index is 1400. The molecule has 2 aromatic heterocycles. The van der Waals surface area contributed by atoms with Gasteiger partial charge in [0.15, 0.2) is 5.69 Å². The molecule has 34 heavy (non-hydrogen) atoms. The molecule has 0 spiro atoms. The van der Waals surface area contributed by atoms with Crippen LogP contribution in [0.4, 0.5) is 0 Å². The van der Waals surface area contributed by atoms with Gasteiger partial charge < -0.3 is 4.74 Å². The van der Waals surface area contributed by atoms with Gasteiger partial charge in [-0.2, -0.15) is 0 Å².